The molecule has 0 saturated carbocycles. The molecule has 18 heavy (non-hydrogen) atoms. The van der Waals surface area contributed by atoms with Gasteiger partial charge in [-0.3, -0.25) is 4.79 Å². The zero-order valence-corrected chi connectivity index (χ0v) is 11.7. The van der Waals surface area contributed by atoms with E-state index in [0.29, 0.717) is 10.6 Å². The van der Waals surface area contributed by atoms with Crippen LogP contribution in [0.2, 0.25) is 5.02 Å². The number of aryl methyl sites for hydroxylation is 1. The van der Waals surface area contributed by atoms with Crippen LogP contribution in [0.5, 0.6) is 0 Å². The minimum absolute atomic E-state index is 0.0162. The minimum Gasteiger partial charge on any atom is -0.289 e. The van der Waals surface area contributed by atoms with Gasteiger partial charge in [0.05, 0.1) is 5.02 Å². The summed E-state index contributed by atoms with van der Waals surface area (Å²) in [6.45, 7) is 5.93. The van der Waals surface area contributed by atoms with Crippen molar-refractivity contribution < 1.29 is 0 Å². The zero-order chi connectivity index (χ0) is 13.5. The first-order chi connectivity index (χ1) is 8.70. The highest BCUT2D eigenvalue weighted by molar-refractivity contribution is 6.34. The number of rotatable bonds is 1. The van der Waals surface area contributed by atoms with E-state index in [9.17, 15) is 4.79 Å². The van der Waals surface area contributed by atoms with Crippen molar-refractivity contribution in [2.45, 2.75) is 20.8 Å². The molecule has 0 unspecified atom stereocenters. The fourth-order valence-corrected chi connectivity index (χ4v) is 1.84. The Labute approximate surface area is 113 Å². The van der Waals surface area contributed by atoms with Crippen molar-refractivity contribution in [3.63, 3.8) is 0 Å². The molecule has 0 bridgehead atoms. The minimum atomic E-state index is -0.0162. The first-order valence-electron chi connectivity index (χ1n) is 6.05. The zero-order valence-electron chi connectivity index (χ0n) is 10.9. The average Bonchev–Trinajstić information content (AvgIpc) is 2.60. The fraction of sp³-hybridized carbons (Fsp3) is 0.188. The Kier molecular flexibility index (Phi) is 5.60. The molecule has 0 aromatic heterocycles. The lowest BCUT2D eigenvalue weighted by Gasteiger charge is -2.04. The predicted molar refractivity (Wildman–Crippen MR) is 79.2 cm³/mol. The van der Waals surface area contributed by atoms with Gasteiger partial charge in [-0.25, -0.2) is 0 Å². The van der Waals surface area contributed by atoms with Crippen LogP contribution >= 0.6 is 11.6 Å². The van der Waals surface area contributed by atoms with E-state index in [4.69, 9.17) is 11.6 Å². The summed E-state index contributed by atoms with van der Waals surface area (Å²) in [7, 11) is 0. The van der Waals surface area contributed by atoms with E-state index in [0.717, 1.165) is 11.1 Å². The van der Waals surface area contributed by atoms with Crippen LogP contribution < -0.4 is 5.43 Å². The van der Waals surface area contributed by atoms with Crippen LogP contribution in [0, 0.1) is 6.92 Å². The van der Waals surface area contributed by atoms with Gasteiger partial charge in [0, 0.05) is 11.1 Å². The van der Waals surface area contributed by atoms with Crippen molar-refractivity contribution in [2.75, 3.05) is 0 Å². The lowest BCUT2D eigenvalue weighted by Crippen LogP contribution is -1.99. The Hall–Kier alpha value is -1.60. The molecule has 2 aromatic rings. The van der Waals surface area contributed by atoms with Crippen molar-refractivity contribution in [2.24, 2.45) is 0 Å². The molecule has 94 valence electrons. The maximum absolute atomic E-state index is 11.8. The summed E-state index contributed by atoms with van der Waals surface area (Å²) in [6, 6.07) is 14.4. The van der Waals surface area contributed by atoms with Crippen LogP contribution in [-0.2, 0) is 0 Å². The third kappa shape index (κ3) is 3.21. The summed E-state index contributed by atoms with van der Waals surface area (Å²) in [4.78, 5) is 11.8. The van der Waals surface area contributed by atoms with Gasteiger partial charge in [0.1, 0.15) is 0 Å². The number of hydrogen-bond donors (Lipinski definition) is 0. The van der Waals surface area contributed by atoms with Crippen LogP contribution in [0.15, 0.2) is 53.3 Å². The van der Waals surface area contributed by atoms with Gasteiger partial charge in [0.2, 0.25) is 0 Å². The quantitative estimate of drug-likeness (QED) is 0.726. The molecule has 1 nitrogen and oxygen atoms in total. The highest BCUT2D eigenvalue weighted by Crippen LogP contribution is 2.27. The molecule has 2 heteroatoms. The molecule has 0 fully saturated rings. The maximum Gasteiger partial charge on any atom is 0.186 e. The van der Waals surface area contributed by atoms with Gasteiger partial charge in [-0.2, -0.15) is 0 Å². The molecule has 2 aromatic carbocycles. The smallest absolute Gasteiger partial charge is 0.186 e. The number of benzene rings is 1. The molecule has 2 rings (SSSR count). The Balaban J connectivity index is 0.000000771. The van der Waals surface area contributed by atoms with Gasteiger partial charge in [-0.05, 0) is 18.6 Å². The first-order valence-corrected chi connectivity index (χ1v) is 6.43. The molecule has 0 spiro atoms. The van der Waals surface area contributed by atoms with Crippen LogP contribution in [0.4, 0.5) is 0 Å². The topological polar surface area (TPSA) is 17.1 Å². The second kappa shape index (κ2) is 6.97. The van der Waals surface area contributed by atoms with E-state index in [2.05, 4.69) is 0 Å². The first kappa shape index (κ1) is 14.5. The van der Waals surface area contributed by atoms with Crippen LogP contribution in [0.3, 0.4) is 0 Å². The molecule has 0 radical (unpaired) electrons. The molecule has 0 saturated heterocycles. The predicted octanol–water partition coefficient (Wildman–Crippen LogP) is 4.70. The van der Waals surface area contributed by atoms with Gasteiger partial charge in [-0.15, -0.1) is 0 Å². The summed E-state index contributed by atoms with van der Waals surface area (Å²) in [5, 5.41) is 0.644. The molecule has 0 aliphatic carbocycles. The van der Waals surface area contributed by atoms with Crippen molar-refractivity contribution in [3.05, 3.63) is 69.3 Å². The van der Waals surface area contributed by atoms with Gasteiger partial charge in [0.25, 0.3) is 0 Å². The summed E-state index contributed by atoms with van der Waals surface area (Å²) >= 11 is 6.20. The van der Waals surface area contributed by atoms with E-state index in [-0.39, 0.29) is 5.43 Å². The molecular formula is C16H17ClO. The Morgan fingerprint density at radius 3 is 2.17 bits per heavy atom. The molecule has 0 heterocycles. The highest BCUT2D eigenvalue weighted by atomic mass is 35.5. The summed E-state index contributed by atoms with van der Waals surface area (Å²) in [6.07, 6.45) is 0. The van der Waals surface area contributed by atoms with E-state index >= 15 is 0 Å². The van der Waals surface area contributed by atoms with Crippen molar-refractivity contribution in [1.82, 2.24) is 0 Å². The lowest BCUT2D eigenvalue weighted by molar-refractivity contribution is 1.46. The fourth-order valence-electron chi connectivity index (χ4n) is 1.61. The van der Waals surface area contributed by atoms with Gasteiger partial charge in [-0.1, -0.05) is 67.9 Å². The monoisotopic (exact) mass is 260 g/mol. The lowest BCUT2D eigenvalue weighted by atomic mass is 10.0. The van der Waals surface area contributed by atoms with Gasteiger partial charge in [0.15, 0.2) is 5.43 Å². The van der Waals surface area contributed by atoms with Crippen LogP contribution in [-0.4, -0.2) is 0 Å². The second-order valence-corrected chi connectivity index (χ2v) is 4.00. The Morgan fingerprint density at radius 2 is 1.44 bits per heavy atom. The van der Waals surface area contributed by atoms with Crippen molar-refractivity contribution >= 4 is 11.6 Å². The molecule has 0 atom stereocenters. The van der Waals surface area contributed by atoms with E-state index < -0.39 is 0 Å². The number of hydrogen-bond acceptors (Lipinski definition) is 1. The van der Waals surface area contributed by atoms with Crippen LogP contribution in [0.1, 0.15) is 19.4 Å². The number of halogens is 1. The highest BCUT2D eigenvalue weighted by Gasteiger charge is 2.06. The van der Waals surface area contributed by atoms with Crippen LogP contribution in [0.25, 0.3) is 11.1 Å². The SMILES string of the molecule is CC.Cc1cccc(-c2cccccc2=O)c1Cl. The largest absolute Gasteiger partial charge is 0.289 e. The van der Waals surface area contributed by atoms with Gasteiger partial charge < -0.3 is 0 Å². The molecule has 0 aliphatic heterocycles. The van der Waals surface area contributed by atoms with E-state index in [1.807, 2.05) is 51.1 Å². The van der Waals surface area contributed by atoms with E-state index in [1.54, 1.807) is 18.2 Å². The standard InChI is InChI=1S/C14H11ClO.C2H6/c1-10-6-5-8-12(14(10)15)11-7-3-2-4-9-13(11)16;1-2/h2-9H,1H3;1-2H3. The Bertz CT molecular complexity index is 576. The van der Waals surface area contributed by atoms with E-state index in [1.165, 1.54) is 0 Å². The molecule has 0 amide bonds. The van der Waals surface area contributed by atoms with Crippen molar-refractivity contribution in [3.8, 4) is 11.1 Å². The molecular weight excluding hydrogens is 244 g/mol. The normalized spacial score (nSPS) is 9.33. The second-order valence-electron chi connectivity index (χ2n) is 3.63. The third-order valence-electron chi connectivity index (χ3n) is 2.48. The average molecular weight is 261 g/mol. The van der Waals surface area contributed by atoms with Gasteiger partial charge >= 0.3 is 0 Å². The molecule has 0 N–H and O–H groups in total. The Morgan fingerprint density at radius 1 is 0.833 bits per heavy atom. The molecule has 0 aliphatic rings. The third-order valence-corrected chi connectivity index (χ3v) is 2.98. The van der Waals surface area contributed by atoms with Crippen molar-refractivity contribution in [1.29, 1.82) is 0 Å². The summed E-state index contributed by atoms with van der Waals surface area (Å²) in [5.74, 6) is 0. The summed E-state index contributed by atoms with van der Waals surface area (Å²) < 4.78 is 0. The summed E-state index contributed by atoms with van der Waals surface area (Å²) in [5.41, 5.74) is 2.39. The maximum atomic E-state index is 11.8.